The van der Waals surface area contributed by atoms with Crippen molar-refractivity contribution in [1.29, 1.82) is 5.26 Å². The van der Waals surface area contributed by atoms with E-state index >= 15 is 0 Å². The second-order valence-electron chi connectivity index (χ2n) is 3.73. The molecular weight excluding hydrogens is 178 g/mol. The van der Waals surface area contributed by atoms with Gasteiger partial charge in [-0.1, -0.05) is 26.8 Å². The van der Waals surface area contributed by atoms with Gasteiger partial charge in [-0.15, -0.1) is 11.3 Å². The van der Waals surface area contributed by atoms with Gasteiger partial charge in [0, 0.05) is 4.88 Å². The van der Waals surface area contributed by atoms with E-state index in [4.69, 9.17) is 5.26 Å². The summed E-state index contributed by atoms with van der Waals surface area (Å²) < 4.78 is 0. The predicted octanol–water partition coefficient (Wildman–Crippen LogP) is 3.65. The third-order valence-corrected chi connectivity index (χ3v) is 3.52. The fourth-order valence-electron chi connectivity index (χ4n) is 1.29. The van der Waals surface area contributed by atoms with E-state index in [2.05, 4.69) is 32.9 Å². The molecule has 2 heteroatoms. The lowest BCUT2D eigenvalue weighted by Gasteiger charge is -2.19. The van der Waals surface area contributed by atoms with Gasteiger partial charge in [0.2, 0.25) is 0 Å². The third kappa shape index (κ3) is 2.32. The number of nitrogens with zero attached hydrogens (tertiary/aromatic N) is 1. The largest absolute Gasteiger partial charge is 0.198 e. The fraction of sp³-hybridized carbons (Fsp3) is 0.545. The minimum absolute atomic E-state index is 0.0694. The van der Waals surface area contributed by atoms with E-state index in [0.717, 1.165) is 0 Å². The van der Waals surface area contributed by atoms with Crippen molar-refractivity contribution in [3.05, 3.63) is 22.4 Å². The maximum atomic E-state index is 9.07. The Bertz CT molecular complexity index is 282. The first kappa shape index (κ1) is 10.3. The lowest BCUT2D eigenvalue weighted by Crippen LogP contribution is -2.12. The van der Waals surface area contributed by atoms with Crippen LogP contribution in [-0.4, -0.2) is 0 Å². The van der Waals surface area contributed by atoms with E-state index in [-0.39, 0.29) is 5.92 Å². The van der Waals surface area contributed by atoms with Crippen molar-refractivity contribution in [2.45, 2.75) is 26.7 Å². The molecule has 0 aliphatic rings. The molecule has 0 fully saturated rings. The van der Waals surface area contributed by atoms with E-state index in [1.165, 1.54) is 4.88 Å². The normalized spacial score (nSPS) is 15.3. The van der Waals surface area contributed by atoms with Gasteiger partial charge in [0.15, 0.2) is 0 Å². The zero-order valence-electron chi connectivity index (χ0n) is 8.32. The molecule has 0 amide bonds. The molecule has 0 aliphatic carbocycles. The Kier molecular flexibility index (Phi) is 3.50. The first-order valence-corrected chi connectivity index (χ1v) is 5.47. The van der Waals surface area contributed by atoms with Crippen LogP contribution in [-0.2, 0) is 0 Å². The quantitative estimate of drug-likeness (QED) is 0.719. The van der Waals surface area contributed by atoms with Crippen LogP contribution in [0.4, 0.5) is 0 Å². The molecule has 1 nitrogen and oxygen atoms in total. The van der Waals surface area contributed by atoms with Crippen LogP contribution >= 0.6 is 11.3 Å². The van der Waals surface area contributed by atoms with Crippen LogP contribution in [0.3, 0.4) is 0 Å². The maximum absolute atomic E-state index is 9.07. The zero-order valence-corrected chi connectivity index (χ0v) is 9.14. The van der Waals surface area contributed by atoms with Crippen molar-refractivity contribution >= 4 is 11.3 Å². The van der Waals surface area contributed by atoms with Crippen LogP contribution in [0.2, 0.25) is 0 Å². The topological polar surface area (TPSA) is 23.8 Å². The van der Waals surface area contributed by atoms with Gasteiger partial charge in [0.05, 0.1) is 12.0 Å². The van der Waals surface area contributed by atoms with Crippen molar-refractivity contribution in [3.63, 3.8) is 0 Å². The lowest BCUT2D eigenvalue weighted by atomic mass is 9.85. The molecule has 0 bridgehead atoms. The van der Waals surface area contributed by atoms with Crippen LogP contribution in [0, 0.1) is 23.2 Å². The molecule has 1 aromatic heterocycles. The third-order valence-electron chi connectivity index (χ3n) is 2.57. The van der Waals surface area contributed by atoms with Crippen LogP contribution in [0.15, 0.2) is 17.5 Å². The molecule has 0 saturated heterocycles. The van der Waals surface area contributed by atoms with Crippen molar-refractivity contribution in [1.82, 2.24) is 0 Å². The summed E-state index contributed by atoms with van der Waals surface area (Å²) in [4.78, 5) is 1.20. The van der Waals surface area contributed by atoms with Crippen molar-refractivity contribution in [3.8, 4) is 6.07 Å². The Labute approximate surface area is 84.0 Å². The molecule has 13 heavy (non-hydrogen) atoms. The number of thiophene rings is 1. The molecular formula is C11H15NS. The summed E-state index contributed by atoms with van der Waals surface area (Å²) >= 11 is 1.68. The Balaban J connectivity index is 2.82. The van der Waals surface area contributed by atoms with Crippen LogP contribution in [0.25, 0.3) is 0 Å². The maximum Gasteiger partial charge on any atom is 0.0833 e. The van der Waals surface area contributed by atoms with E-state index < -0.39 is 0 Å². The van der Waals surface area contributed by atoms with Crippen molar-refractivity contribution in [2.75, 3.05) is 0 Å². The van der Waals surface area contributed by atoms with Crippen molar-refractivity contribution < 1.29 is 0 Å². The Morgan fingerprint density at radius 3 is 2.46 bits per heavy atom. The molecule has 0 N–H and O–H groups in total. The first-order chi connectivity index (χ1) is 6.16. The molecule has 0 saturated carbocycles. The smallest absolute Gasteiger partial charge is 0.0833 e. The number of nitriles is 1. The molecule has 2 unspecified atom stereocenters. The predicted molar refractivity (Wildman–Crippen MR) is 56.7 cm³/mol. The fourth-order valence-corrected chi connectivity index (χ4v) is 2.18. The number of hydrogen-bond donors (Lipinski definition) is 0. The average molecular weight is 193 g/mol. The van der Waals surface area contributed by atoms with Gasteiger partial charge in [0.25, 0.3) is 0 Å². The molecule has 0 aromatic carbocycles. The van der Waals surface area contributed by atoms with Crippen LogP contribution in [0.5, 0.6) is 0 Å². The van der Waals surface area contributed by atoms with Gasteiger partial charge in [-0.25, -0.2) is 0 Å². The van der Waals surface area contributed by atoms with Gasteiger partial charge < -0.3 is 0 Å². The van der Waals surface area contributed by atoms with Crippen LogP contribution < -0.4 is 0 Å². The SMILES string of the molecule is CC(C)C(C)C(C#N)c1cccs1. The molecule has 1 rings (SSSR count). The highest BCUT2D eigenvalue weighted by Crippen LogP contribution is 2.31. The highest BCUT2D eigenvalue weighted by Gasteiger charge is 2.22. The number of hydrogen-bond acceptors (Lipinski definition) is 2. The Hall–Kier alpha value is -0.810. The molecule has 0 radical (unpaired) electrons. The molecule has 1 heterocycles. The summed E-state index contributed by atoms with van der Waals surface area (Å²) in [6, 6.07) is 6.46. The molecule has 0 aliphatic heterocycles. The number of rotatable bonds is 3. The molecule has 70 valence electrons. The van der Waals surface area contributed by atoms with Gasteiger partial charge in [-0.2, -0.15) is 5.26 Å². The zero-order chi connectivity index (χ0) is 9.84. The lowest BCUT2D eigenvalue weighted by molar-refractivity contribution is 0.392. The summed E-state index contributed by atoms with van der Waals surface area (Å²) in [7, 11) is 0. The van der Waals surface area contributed by atoms with E-state index in [1.807, 2.05) is 11.4 Å². The summed E-state index contributed by atoms with van der Waals surface area (Å²) in [5.74, 6) is 1.07. The van der Waals surface area contributed by atoms with Crippen LogP contribution in [0.1, 0.15) is 31.6 Å². The van der Waals surface area contributed by atoms with Gasteiger partial charge in [-0.05, 0) is 23.3 Å². The van der Waals surface area contributed by atoms with E-state index in [0.29, 0.717) is 11.8 Å². The summed E-state index contributed by atoms with van der Waals surface area (Å²) in [6.45, 7) is 6.49. The van der Waals surface area contributed by atoms with E-state index in [9.17, 15) is 0 Å². The van der Waals surface area contributed by atoms with Gasteiger partial charge in [0.1, 0.15) is 0 Å². The standard InChI is InChI=1S/C11H15NS/c1-8(2)9(3)10(7-12)11-5-4-6-13-11/h4-6,8-10H,1-3H3. The minimum Gasteiger partial charge on any atom is -0.198 e. The summed E-state index contributed by atoms with van der Waals surface area (Å²) in [5.41, 5.74) is 0. The van der Waals surface area contributed by atoms with E-state index in [1.54, 1.807) is 11.3 Å². The summed E-state index contributed by atoms with van der Waals surface area (Å²) in [5, 5.41) is 11.1. The first-order valence-electron chi connectivity index (χ1n) is 4.59. The Morgan fingerprint density at radius 1 is 1.38 bits per heavy atom. The molecule has 1 aromatic rings. The average Bonchev–Trinajstić information content (AvgIpc) is 2.58. The second-order valence-corrected chi connectivity index (χ2v) is 4.70. The van der Waals surface area contributed by atoms with Gasteiger partial charge >= 0.3 is 0 Å². The molecule has 0 spiro atoms. The summed E-state index contributed by atoms with van der Waals surface area (Å²) in [6.07, 6.45) is 0. The highest BCUT2D eigenvalue weighted by atomic mass is 32.1. The highest BCUT2D eigenvalue weighted by molar-refractivity contribution is 7.10. The van der Waals surface area contributed by atoms with Gasteiger partial charge in [-0.3, -0.25) is 0 Å². The monoisotopic (exact) mass is 193 g/mol. The molecule has 2 atom stereocenters. The Morgan fingerprint density at radius 2 is 2.08 bits per heavy atom. The van der Waals surface area contributed by atoms with Crippen molar-refractivity contribution in [2.24, 2.45) is 11.8 Å². The second kappa shape index (κ2) is 4.43. The minimum atomic E-state index is 0.0694.